The van der Waals surface area contributed by atoms with Gasteiger partial charge in [-0.3, -0.25) is 4.79 Å². The molecule has 2 nitrogen and oxygen atoms in total. The average Bonchev–Trinajstić information content (AvgIpc) is 1.82. The maximum atomic E-state index is 10.6. The van der Waals surface area contributed by atoms with Crippen molar-refractivity contribution in [3.63, 3.8) is 0 Å². The number of carbonyl (C=O) groups is 1. The molecule has 1 saturated carbocycles. The van der Waals surface area contributed by atoms with Gasteiger partial charge in [0.15, 0.2) is 0 Å². The standard InChI is InChI=1S/C9H16O2S/c1-6(2)5-12-8-4-3-7(8)9(10)11/h6-8H,3-5H2,1-2H3,(H,10,11). The molecular weight excluding hydrogens is 172 g/mol. The van der Waals surface area contributed by atoms with Crippen molar-refractivity contribution in [2.24, 2.45) is 11.8 Å². The quantitative estimate of drug-likeness (QED) is 0.735. The van der Waals surface area contributed by atoms with Crippen molar-refractivity contribution in [2.75, 3.05) is 5.75 Å². The topological polar surface area (TPSA) is 37.3 Å². The summed E-state index contributed by atoms with van der Waals surface area (Å²) in [5, 5.41) is 9.15. The Hall–Kier alpha value is -0.180. The maximum Gasteiger partial charge on any atom is 0.307 e. The lowest BCUT2D eigenvalue weighted by Gasteiger charge is -2.33. The molecule has 2 unspecified atom stereocenters. The van der Waals surface area contributed by atoms with E-state index < -0.39 is 5.97 Å². The summed E-state index contributed by atoms with van der Waals surface area (Å²) >= 11 is 1.83. The number of thioether (sulfide) groups is 1. The average molecular weight is 188 g/mol. The SMILES string of the molecule is CC(C)CSC1CCC1C(=O)O. The molecule has 3 heteroatoms. The van der Waals surface area contributed by atoms with Crippen molar-refractivity contribution in [2.45, 2.75) is 31.9 Å². The molecule has 70 valence electrons. The van der Waals surface area contributed by atoms with E-state index in [2.05, 4.69) is 13.8 Å². The largest absolute Gasteiger partial charge is 0.481 e. The van der Waals surface area contributed by atoms with Gasteiger partial charge in [-0.15, -0.1) is 0 Å². The van der Waals surface area contributed by atoms with Crippen LogP contribution in [0, 0.1) is 11.8 Å². The fourth-order valence-corrected chi connectivity index (χ4v) is 2.69. The van der Waals surface area contributed by atoms with E-state index in [0.29, 0.717) is 11.2 Å². The van der Waals surface area contributed by atoms with E-state index in [9.17, 15) is 4.79 Å². The van der Waals surface area contributed by atoms with Gasteiger partial charge in [0.25, 0.3) is 0 Å². The predicted molar refractivity (Wildman–Crippen MR) is 51.4 cm³/mol. The number of carboxylic acids is 1. The van der Waals surface area contributed by atoms with Crippen LogP contribution in [0.2, 0.25) is 0 Å². The van der Waals surface area contributed by atoms with Gasteiger partial charge in [-0.25, -0.2) is 0 Å². The Morgan fingerprint density at radius 3 is 2.58 bits per heavy atom. The first kappa shape index (κ1) is 9.90. The maximum absolute atomic E-state index is 10.6. The molecule has 2 atom stereocenters. The Morgan fingerprint density at radius 1 is 1.58 bits per heavy atom. The minimum atomic E-state index is -0.609. The predicted octanol–water partition coefficient (Wildman–Crippen LogP) is 2.24. The Balaban J connectivity index is 2.21. The van der Waals surface area contributed by atoms with Gasteiger partial charge in [-0.1, -0.05) is 13.8 Å². The van der Waals surface area contributed by atoms with Crippen LogP contribution in [0.25, 0.3) is 0 Å². The van der Waals surface area contributed by atoms with E-state index in [4.69, 9.17) is 5.11 Å². The van der Waals surface area contributed by atoms with Gasteiger partial charge in [-0.05, 0) is 24.5 Å². The number of carboxylic acid groups (broad SMARTS) is 1. The molecule has 0 aromatic heterocycles. The molecule has 1 N–H and O–H groups in total. The molecule has 0 aromatic carbocycles. The first-order valence-corrected chi connectivity index (χ1v) is 5.50. The lowest BCUT2D eigenvalue weighted by atomic mass is 9.85. The third-order valence-corrected chi connectivity index (χ3v) is 4.02. The van der Waals surface area contributed by atoms with Crippen LogP contribution in [-0.2, 0) is 4.79 Å². The van der Waals surface area contributed by atoms with Gasteiger partial charge in [0.2, 0.25) is 0 Å². The highest BCUT2D eigenvalue weighted by Gasteiger charge is 2.36. The molecule has 0 aliphatic heterocycles. The third kappa shape index (κ3) is 2.41. The van der Waals surface area contributed by atoms with Crippen LogP contribution < -0.4 is 0 Å². The molecule has 0 bridgehead atoms. The van der Waals surface area contributed by atoms with Gasteiger partial charge in [0.1, 0.15) is 0 Å². The first-order valence-electron chi connectivity index (χ1n) is 4.45. The van der Waals surface area contributed by atoms with Gasteiger partial charge < -0.3 is 5.11 Å². The number of hydrogen-bond acceptors (Lipinski definition) is 2. The summed E-state index contributed by atoms with van der Waals surface area (Å²) in [6, 6.07) is 0. The Bertz CT molecular complexity index is 168. The van der Waals surface area contributed by atoms with Crippen LogP contribution in [0.3, 0.4) is 0 Å². The molecule has 1 aliphatic carbocycles. The third-order valence-electron chi connectivity index (χ3n) is 2.17. The summed E-state index contributed by atoms with van der Waals surface area (Å²) in [4.78, 5) is 10.6. The van der Waals surface area contributed by atoms with Crippen LogP contribution in [0.1, 0.15) is 26.7 Å². The van der Waals surface area contributed by atoms with E-state index >= 15 is 0 Å². The molecule has 1 fully saturated rings. The highest BCUT2D eigenvalue weighted by Crippen LogP contribution is 2.38. The van der Waals surface area contributed by atoms with Crippen LogP contribution in [0.5, 0.6) is 0 Å². The first-order chi connectivity index (χ1) is 5.61. The van der Waals surface area contributed by atoms with Crippen LogP contribution >= 0.6 is 11.8 Å². The highest BCUT2D eigenvalue weighted by atomic mass is 32.2. The molecule has 0 heterocycles. The fourth-order valence-electron chi connectivity index (χ4n) is 1.27. The van der Waals surface area contributed by atoms with Crippen molar-refractivity contribution in [1.82, 2.24) is 0 Å². The minimum absolute atomic E-state index is 0.0613. The van der Waals surface area contributed by atoms with Gasteiger partial charge in [0.05, 0.1) is 5.92 Å². The van der Waals surface area contributed by atoms with E-state index in [0.717, 1.165) is 18.6 Å². The molecule has 1 aliphatic rings. The summed E-state index contributed by atoms with van der Waals surface area (Å²) in [6.45, 7) is 4.34. The zero-order chi connectivity index (χ0) is 9.14. The summed E-state index contributed by atoms with van der Waals surface area (Å²) in [5.74, 6) is 1.09. The van der Waals surface area contributed by atoms with Crippen LogP contribution in [0.4, 0.5) is 0 Å². The monoisotopic (exact) mass is 188 g/mol. The summed E-state index contributed by atoms with van der Waals surface area (Å²) in [5.41, 5.74) is 0. The van der Waals surface area contributed by atoms with Gasteiger partial charge >= 0.3 is 5.97 Å². The molecule has 0 amide bonds. The summed E-state index contributed by atoms with van der Waals surface area (Å²) in [6.07, 6.45) is 1.97. The van der Waals surface area contributed by atoms with Crippen molar-refractivity contribution in [3.05, 3.63) is 0 Å². The Kier molecular flexibility index (Phi) is 3.44. The van der Waals surface area contributed by atoms with E-state index in [1.165, 1.54) is 0 Å². The molecular formula is C9H16O2S. The number of hydrogen-bond donors (Lipinski definition) is 1. The summed E-state index contributed by atoms with van der Waals surface area (Å²) in [7, 11) is 0. The Morgan fingerprint density at radius 2 is 2.25 bits per heavy atom. The second kappa shape index (κ2) is 4.17. The van der Waals surface area contributed by atoms with E-state index in [-0.39, 0.29) is 5.92 Å². The second-order valence-electron chi connectivity index (χ2n) is 3.79. The molecule has 0 aromatic rings. The van der Waals surface area contributed by atoms with Gasteiger partial charge in [0, 0.05) is 5.25 Å². The summed E-state index contributed by atoms with van der Waals surface area (Å²) < 4.78 is 0. The fraction of sp³-hybridized carbons (Fsp3) is 0.889. The zero-order valence-corrected chi connectivity index (χ0v) is 8.43. The van der Waals surface area contributed by atoms with Crippen molar-refractivity contribution < 1.29 is 9.90 Å². The smallest absolute Gasteiger partial charge is 0.307 e. The zero-order valence-electron chi connectivity index (χ0n) is 7.62. The molecule has 12 heavy (non-hydrogen) atoms. The molecule has 1 rings (SSSR count). The lowest BCUT2D eigenvalue weighted by molar-refractivity contribution is -0.144. The van der Waals surface area contributed by atoms with Crippen LogP contribution in [0.15, 0.2) is 0 Å². The molecule has 0 radical (unpaired) electrons. The van der Waals surface area contributed by atoms with E-state index in [1.807, 2.05) is 11.8 Å². The van der Waals surface area contributed by atoms with Crippen molar-refractivity contribution in [3.8, 4) is 0 Å². The highest BCUT2D eigenvalue weighted by molar-refractivity contribution is 8.00. The minimum Gasteiger partial charge on any atom is -0.481 e. The molecule has 0 saturated heterocycles. The van der Waals surface area contributed by atoms with Crippen LogP contribution in [-0.4, -0.2) is 22.1 Å². The van der Waals surface area contributed by atoms with Crippen molar-refractivity contribution in [1.29, 1.82) is 0 Å². The number of aliphatic carboxylic acids is 1. The number of rotatable bonds is 4. The molecule has 0 spiro atoms. The van der Waals surface area contributed by atoms with Crippen molar-refractivity contribution >= 4 is 17.7 Å². The second-order valence-corrected chi connectivity index (χ2v) is 5.06. The van der Waals surface area contributed by atoms with E-state index in [1.54, 1.807) is 0 Å². The lowest BCUT2D eigenvalue weighted by Crippen LogP contribution is -2.35. The van der Waals surface area contributed by atoms with Gasteiger partial charge in [-0.2, -0.15) is 11.8 Å². The normalized spacial score (nSPS) is 28.6. The Labute approximate surface area is 77.7 Å².